The maximum atomic E-state index is 12.0. The normalized spacial score (nSPS) is 18.0. The van der Waals surface area contributed by atoms with Crippen LogP contribution >= 0.6 is 0 Å². The number of anilines is 1. The van der Waals surface area contributed by atoms with Crippen LogP contribution in [0.15, 0.2) is 29.2 Å². The fourth-order valence-corrected chi connectivity index (χ4v) is 3.69. The Morgan fingerprint density at radius 2 is 2.04 bits per heavy atom. The van der Waals surface area contributed by atoms with E-state index in [4.69, 9.17) is 0 Å². The van der Waals surface area contributed by atoms with E-state index in [1.54, 1.807) is 12.1 Å². The van der Waals surface area contributed by atoms with Crippen LogP contribution in [-0.4, -0.2) is 34.0 Å². The third-order valence-electron chi connectivity index (χ3n) is 3.93. The molecule has 1 aliphatic rings. The van der Waals surface area contributed by atoms with E-state index in [1.165, 1.54) is 12.1 Å². The predicted molar refractivity (Wildman–Crippen MR) is 90.8 cm³/mol. The summed E-state index contributed by atoms with van der Waals surface area (Å²) in [5.74, 6) is 0.550. The van der Waals surface area contributed by atoms with Gasteiger partial charge in [-0.1, -0.05) is 6.92 Å². The van der Waals surface area contributed by atoms with E-state index in [0.717, 1.165) is 32.4 Å². The maximum Gasteiger partial charge on any atom is 0.240 e. The first kappa shape index (κ1) is 17.9. The molecule has 1 amide bonds. The maximum absolute atomic E-state index is 12.0. The standard InChI is InChI=1S/C16H25N3O3S/c1-2-10-18-23(21,22)15-6-4-14(5-7-15)19-16(20)8-3-13-9-11-17-12-13/h4-7,13,17-18H,2-3,8-12H2,1H3,(H,19,20). The number of hydrogen-bond acceptors (Lipinski definition) is 4. The molecule has 1 aliphatic heterocycles. The van der Waals surface area contributed by atoms with Gasteiger partial charge in [-0.3, -0.25) is 4.79 Å². The fourth-order valence-electron chi connectivity index (χ4n) is 2.56. The van der Waals surface area contributed by atoms with Gasteiger partial charge in [-0.05, 0) is 62.5 Å². The van der Waals surface area contributed by atoms with Crippen molar-refractivity contribution in [3.63, 3.8) is 0 Å². The van der Waals surface area contributed by atoms with Crippen LogP contribution in [0, 0.1) is 5.92 Å². The molecule has 23 heavy (non-hydrogen) atoms. The van der Waals surface area contributed by atoms with E-state index >= 15 is 0 Å². The Kier molecular flexibility index (Phi) is 6.56. The first-order valence-corrected chi connectivity index (χ1v) is 9.60. The van der Waals surface area contributed by atoms with Gasteiger partial charge in [0.15, 0.2) is 0 Å². The molecule has 0 bridgehead atoms. The number of hydrogen-bond donors (Lipinski definition) is 3. The second kappa shape index (κ2) is 8.42. The SMILES string of the molecule is CCCNS(=O)(=O)c1ccc(NC(=O)CCC2CCNC2)cc1. The largest absolute Gasteiger partial charge is 0.326 e. The molecular weight excluding hydrogens is 314 g/mol. The highest BCUT2D eigenvalue weighted by Gasteiger charge is 2.16. The van der Waals surface area contributed by atoms with Crippen LogP contribution in [0.25, 0.3) is 0 Å². The van der Waals surface area contributed by atoms with Gasteiger partial charge in [0, 0.05) is 18.7 Å². The lowest BCUT2D eigenvalue weighted by molar-refractivity contribution is -0.116. The Morgan fingerprint density at radius 1 is 1.30 bits per heavy atom. The van der Waals surface area contributed by atoms with Crippen molar-refractivity contribution in [2.45, 2.75) is 37.5 Å². The summed E-state index contributed by atoms with van der Waals surface area (Å²) in [4.78, 5) is 12.1. The van der Waals surface area contributed by atoms with E-state index < -0.39 is 10.0 Å². The minimum Gasteiger partial charge on any atom is -0.326 e. The smallest absolute Gasteiger partial charge is 0.240 e. The molecule has 1 aromatic rings. The Bertz CT molecular complexity index is 608. The lowest BCUT2D eigenvalue weighted by Crippen LogP contribution is -2.24. The van der Waals surface area contributed by atoms with Crippen LogP contribution in [0.2, 0.25) is 0 Å². The highest BCUT2D eigenvalue weighted by molar-refractivity contribution is 7.89. The van der Waals surface area contributed by atoms with Crippen LogP contribution in [-0.2, 0) is 14.8 Å². The number of carbonyl (C=O) groups is 1. The van der Waals surface area contributed by atoms with Crippen molar-refractivity contribution in [3.8, 4) is 0 Å². The van der Waals surface area contributed by atoms with Crippen molar-refractivity contribution in [1.82, 2.24) is 10.0 Å². The molecule has 3 N–H and O–H groups in total. The molecule has 1 aromatic carbocycles. The summed E-state index contributed by atoms with van der Waals surface area (Å²) in [7, 11) is -3.46. The molecule has 6 nitrogen and oxygen atoms in total. The zero-order valence-electron chi connectivity index (χ0n) is 13.5. The first-order chi connectivity index (χ1) is 11.0. The number of nitrogens with one attached hydrogen (secondary N) is 3. The van der Waals surface area contributed by atoms with Crippen LogP contribution in [0.3, 0.4) is 0 Å². The molecule has 0 saturated carbocycles. The van der Waals surface area contributed by atoms with Gasteiger partial charge in [-0.15, -0.1) is 0 Å². The summed E-state index contributed by atoms with van der Waals surface area (Å²) < 4.78 is 26.5. The van der Waals surface area contributed by atoms with E-state index in [9.17, 15) is 13.2 Å². The van der Waals surface area contributed by atoms with Crippen LogP contribution in [0.4, 0.5) is 5.69 Å². The number of carbonyl (C=O) groups excluding carboxylic acids is 1. The first-order valence-electron chi connectivity index (χ1n) is 8.11. The molecule has 0 radical (unpaired) electrons. The van der Waals surface area contributed by atoms with Gasteiger partial charge in [-0.2, -0.15) is 0 Å². The molecule has 1 fully saturated rings. The van der Waals surface area contributed by atoms with Crippen LogP contribution in [0.1, 0.15) is 32.6 Å². The Balaban J connectivity index is 1.85. The van der Waals surface area contributed by atoms with E-state index in [0.29, 0.717) is 24.6 Å². The molecule has 1 heterocycles. The van der Waals surface area contributed by atoms with E-state index in [2.05, 4.69) is 15.4 Å². The van der Waals surface area contributed by atoms with Gasteiger partial charge in [0.05, 0.1) is 4.90 Å². The molecule has 1 saturated heterocycles. The second-order valence-corrected chi connectivity index (χ2v) is 7.63. The molecule has 1 unspecified atom stereocenters. The minimum absolute atomic E-state index is 0.0309. The van der Waals surface area contributed by atoms with E-state index in [-0.39, 0.29) is 10.8 Å². The average Bonchev–Trinajstić information content (AvgIpc) is 3.05. The zero-order valence-corrected chi connectivity index (χ0v) is 14.3. The van der Waals surface area contributed by atoms with Gasteiger partial charge in [0.2, 0.25) is 15.9 Å². The molecule has 0 spiro atoms. The van der Waals surface area contributed by atoms with Gasteiger partial charge < -0.3 is 10.6 Å². The van der Waals surface area contributed by atoms with Crippen molar-refractivity contribution in [2.24, 2.45) is 5.92 Å². The van der Waals surface area contributed by atoms with Crippen molar-refractivity contribution >= 4 is 21.6 Å². The van der Waals surface area contributed by atoms with E-state index in [1.807, 2.05) is 6.92 Å². The van der Waals surface area contributed by atoms with Gasteiger partial charge in [-0.25, -0.2) is 13.1 Å². The lowest BCUT2D eigenvalue weighted by Gasteiger charge is -2.10. The predicted octanol–water partition coefficient (Wildman–Crippen LogP) is 1.70. The van der Waals surface area contributed by atoms with Crippen molar-refractivity contribution in [3.05, 3.63) is 24.3 Å². The molecule has 1 atom stereocenters. The summed E-state index contributed by atoms with van der Waals surface area (Å²) in [6.07, 6.45) is 3.24. The van der Waals surface area contributed by atoms with Gasteiger partial charge >= 0.3 is 0 Å². The highest BCUT2D eigenvalue weighted by Crippen LogP contribution is 2.17. The lowest BCUT2D eigenvalue weighted by atomic mass is 10.0. The summed E-state index contributed by atoms with van der Waals surface area (Å²) >= 11 is 0. The summed E-state index contributed by atoms with van der Waals surface area (Å²) in [5, 5.41) is 6.10. The third kappa shape index (κ3) is 5.60. The molecule has 0 aliphatic carbocycles. The minimum atomic E-state index is -3.46. The quantitative estimate of drug-likeness (QED) is 0.673. The van der Waals surface area contributed by atoms with Gasteiger partial charge in [0.25, 0.3) is 0 Å². The number of amides is 1. The number of rotatable bonds is 8. The Hall–Kier alpha value is -1.44. The molecule has 7 heteroatoms. The van der Waals surface area contributed by atoms with Crippen molar-refractivity contribution in [1.29, 1.82) is 0 Å². The van der Waals surface area contributed by atoms with Crippen molar-refractivity contribution < 1.29 is 13.2 Å². The molecular formula is C16H25N3O3S. The van der Waals surface area contributed by atoms with Crippen molar-refractivity contribution in [2.75, 3.05) is 25.0 Å². The summed E-state index contributed by atoms with van der Waals surface area (Å²) in [6, 6.07) is 6.26. The van der Waals surface area contributed by atoms with Crippen LogP contribution < -0.4 is 15.4 Å². The Labute approximate surface area is 138 Å². The number of sulfonamides is 1. The summed E-state index contributed by atoms with van der Waals surface area (Å²) in [5.41, 5.74) is 0.619. The number of benzene rings is 1. The monoisotopic (exact) mass is 339 g/mol. The highest BCUT2D eigenvalue weighted by atomic mass is 32.2. The topological polar surface area (TPSA) is 87.3 Å². The molecule has 0 aromatic heterocycles. The zero-order chi connectivity index (χ0) is 16.7. The summed E-state index contributed by atoms with van der Waals surface area (Å²) in [6.45, 7) is 4.35. The second-order valence-electron chi connectivity index (χ2n) is 5.87. The fraction of sp³-hybridized carbons (Fsp3) is 0.562. The Morgan fingerprint density at radius 3 is 2.65 bits per heavy atom. The van der Waals surface area contributed by atoms with Gasteiger partial charge in [0.1, 0.15) is 0 Å². The third-order valence-corrected chi connectivity index (χ3v) is 5.41. The van der Waals surface area contributed by atoms with Crippen LogP contribution in [0.5, 0.6) is 0 Å². The molecule has 128 valence electrons. The average molecular weight is 339 g/mol. The molecule has 2 rings (SSSR count).